The van der Waals surface area contributed by atoms with Gasteiger partial charge in [-0.3, -0.25) is 4.79 Å². The first-order valence-corrected chi connectivity index (χ1v) is 8.19. The van der Waals surface area contributed by atoms with Crippen LogP contribution in [-0.4, -0.2) is 9.55 Å². The van der Waals surface area contributed by atoms with Gasteiger partial charge in [0.15, 0.2) is 5.43 Å². The fourth-order valence-electron chi connectivity index (χ4n) is 3.31. The summed E-state index contributed by atoms with van der Waals surface area (Å²) in [6.45, 7) is 2.98. The first-order valence-electron chi connectivity index (χ1n) is 7.39. The molecule has 0 saturated heterocycles. The highest BCUT2D eigenvalue weighted by molar-refractivity contribution is 9.10. The SMILES string of the molecule is CCn1c(C2CCCCC2)cc(=O)c2cc(Br)cnc21. The lowest BCUT2D eigenvalue weighted by Gasteiger charge is -2.25. The number of fused-ring (bicyclic) bond motifs is 1. The Morgan fingerprint density at radius 1 is 1.30 bits per heavy atom. The zero-order valence-corrected chi connectivity index (χ0v) is 13.3. The Labute approximate surface area is 127 Å². The van der Waals surface area contributed by atoms with E-state index in [0.29, 0.717) is 11.3 Å². The largest absolute Gasteiger partial charge is 0.329 e. The Morgan fingerprint density at radius 3 is 2.75 bits per heavy atom. The normalized spacial score (nSPS) is 16.7. The highest BCUT2D eigenvalue weighted by Crippen LogP contribution is 2.33. The molecule has 3 nitrogen and oxygen atoms in total. The predicted molar refractivity (Wildman–Crippen MR) is 85.2 cm³/mol. The maximum absolute atomic E-state index is 12.4. The lowest BCUT2D eigenvalue weighted by molar-refractivity contribution is 0.424. The highest BCUT2D eigenvalue weighted by Gasteiger charge is 2.20. The summed E-state index contributed by atoms with van der Waals surface area (Å²) in [5.74, 6) is 0.520. The van der Waals surface area contributed by atoms with Crippen molar-refractivity contribution in [2.75, 3.05) is 0 Å². The summed E-state index contributed by atoms with van der Waals surface area (Å²) >= 11 is 3.40. The molecular weight excluding hydrogens is 316 g/mol. The highest BCUT2D eigenvalue weighted by atomic mass is 79.9. The second kappa shape index (κ2) is 5.68. The van der Waals surface area contributed by atoms with E-state index < -0.39 is 0 Å². The van der Waals surface area contributed by atoms with Gasteiger partial charge in [0.2, 0.25) is 0 Å². The topological polar surface area (TPSA) is 34.9 Å². The summed E-state index contributed by atoms with van der Waals surface area (Å²) < 4.78 is 3.08. The molecule has 0 N–H and O–H groups in total. The van der Waals surface area contributed by atoms with Crippen LogP contribution in [-0.2, 0) is 6.54 Å². The molecule has 0 aliphatic heterocycles. The van der Waals surface area contributed by atoms with Crippen LogP contribution >= 0.6 is 15.9 Å². The van der Waals surface area contributed by atoms with Crippen molar-refractivity contribution in [3.05, 3.63) is 38.7 Å². The van der Waals surface area contributed by atoms with E-state index >= 15 is 0 Å². The number of nitrogens with zero attached hydrogens (tertiary/aromatic N) is 2. The quantitative estimate of drug-likeness (QED) is 0.823. The van der Waals surface area contributed by atoms with Crippen LogP contribution in [0.2, 0.25) is 0 Å². The Kier molecular flexibility index (Phi) is 3.92. The lowest BCUT2D eigenvalue weighted by Crippen LogP contribution is -2.19. The zero-order valence-electron chi connectivity index (χ0n) is 11.7. The molecule has 4 heteroatoms. The summed E-state index contributed by atoms with van der Waals surface area (Å²) in [6.07, 6.45) is 8.04. The minimum Gasteiger partial charge on any atom is -0.329 e. The molecule has 0 radical (unpaired) electrons. The molecule has 0 aromatic carbocycles. The fourth-order valence-corrected chi connectivity index (χ4v) is 3.64. The predicted octanol–water partition coefficient (Wildman–Crippen LogP) is 4.23. The molecule has 0 spiro atoms. The molecule has 2 aromatic rings. The molecule has 3 rings (SSSR count). The van der Waals surface area contributed by atoms with Crippen molar-refractivity contribution in [3.8, 4) is 0 Å². The van der Waals surface area contributed by atoms with Crippen molar-refractivity contribution in [2.45, 2.75) is 51.5 Å². The van der Waals surface area contributed by atoms with E-state index in [4.69, 9.17) is 0 Å². The summed E-state index contributed by atoms with van der Waals surface area (Å²) in [7, 11) is 0. The maximum atomic E-state index is 12.4. The zero-order chi connectivity index (χ0) is 14.1. The molecule has 1 aliphatic carbocycles. The van der Waals surface area contributed by atoms with Crippen LogP contribution in [0.3, 0.4) is 0 Å². The van der Waals surface area contributed by atoms with E-state index in [1.165, 1.54) is 37.8 Å². The average Bonchev–Trinajstić information content (AvgIpc) is 2.48. The molecule has 0 atom stereocenters. The van der Waals surface area contributed by atoms with Gasteiger partial charge >= 0.3 is 0 Å². The van der Waals surface area contributed by atoms with Crippen molar-refractivity contribution in [1.82, 2.24) is 9.55 Å². The van der Waals surface area contributed by atoms with Crippen molar-refractivity contribution in [1.29, 1.82) is 0 Å². The Hall–Kier alpha value is -1.16. The minimum absolute atomic E-state index is 0.0964. The Balaban J connectivity index is 2.22. The third kappa shape index (κ3) is 2.41. The number of pyridine rings is 2. The van der Waals surface area contributed by atoms with Gasteiger partial charge in [-0.25, -0.2) is 4.98 Å². The van der Waals surface area contributed by atoms with Gasteiger partial charge in [-0.05, 0) is 47.7 Å². The van der Waals surface area contributed by atoms with Crippen LogP contribution in [0.25, 0.3) is 11.0 Å². The van der Waals surface area contributed by atoms with Crippen molar-refractivity contribution >= 4 is 27.0 Å². The van der Waals surface area contributed by atoms with Gasteiger partial charge in [0.25, 0.3) is 0 Å². The van der Waals surface area contributed by atoms with Gasteiger partial charge in [0.05, 0.1) is 5.39 Å². The minimum atomic E-state index is 0.0964. The van der Waals surface area contributed by atoms with E-state index in [-0.39, 0.29) is 5.43 Å². The van der Waals surface area contributed by atoms with Gasteiger partial charge in [-0.2, -0.15) is 0 Å². The Bertz CT molecular complexity index is 687. The molecule has 2 heterocycles. The molecule has 2 aromatic heterocycles. The van der Waals surface area contributed by atoms with Gasteiger partial charge < -0.3 is 4.57 Å². The molecule has 20 heavy (non-hydrogen) atoms. The van der Waals surface area contributed by atoms with Crippen LogP contribution in [0.4, 0.5) is 0 Å². The van der Waals surface area contributed by atoms with Gasteiger partial charge in [0.1, 0.15) is 5.65 Å². The lowest BCUT2D eigenvalue weighted by atomic mass is 9.86. The fraction of sp³-hybridized carbons (Fsp3) is 0.500. The second-order valence-corrected chi connectivity index (χ2v) is 6.45. The van der Waals surface area contributed by atoms with Gasteiger partial charge in [-0.15, -0.1) is 0 Å². The smallest absolute Gasteiger partial charge is 0.191 e. The maximum Gasteiger partial charge on any atom is 0.191 e. The number of hydrogen-bond donors (Lipinski definition) is 0. The van der Waals surface area contributed by atoms with E-state index in [1.807, 2.05) is 12.1 Å². The van der Waals surface area contributed by atoms with Crippen LogP contribution in [0, 0.1) is 0 Å². The van der Waals surface area contributed by atoms with E-state index in [0.717, 1.165) is 16.7 Å². The average molecular weight is 335 g/mol. The summed E-state index contributed by atoms with van der Waals surface area (Å²) in [4.78, 5) is 16.9. The molecule has 106 valence electrons. The van der Waals surface area contributed by atoms with Gasteiger partial charge in [-0.1, -0.05) is 19.3 Å². The van der Waals surface area contributed by atoms with Crippen molar-refractivity contribution in [3.63, 3.8) is 0 Å². The first-order chi connectivity index (χ1) is 9.70. The summed E-state index contributed by atoms with van der Waals surface area (Å²) in [5.41, 5.74) is 2.10. The van der Waals surface area contributed by atoms with E-state index in [2.05, 4.69) is 32.4 Å². The van der Waals surface area contributed by atoms with Crippen molar-refractivity contribution in [2.24, 2.45) is 0 Å². The molecule has 0 amide bonds. The third-order valence-electron chi connectivity index (χ3n) is 4.28. The van der Waals surface area contributed by atoms with E-state index in [9.17, 15) is 4.79 Å². The summed E-state index contributed by atoms with van der Waals surface area (Å²) in [6, 6.07) is 3.72. The molecule has 1 aliphatic rings. The van der Waals surface area contributed by atoms with E-state index in [1.54, 1.807) is 6.20 Å². The molecule has 0 bridgehead atoms. The molecule has 0 unspecified atom stereocenters. The van der Waals surface area contributed by atoms with Crippen LogP contribution in [0.1, 0.15) is 50.6 Å². The standard InChI is InChI=1S/C16H19BrN2O/c1-2-19-14(11-6-4-3-5-7-11)9-15(20)13-8-12(17)10-18-16(13)19/h8-11H,2-7H2,1H3. The molecular formula is C16H19BrN2O. The molecule has 1 fully saturated rings. The van der Waals surface area contributed by atoms with Crippen LogP contribution in [0.5, 0.6) is 0 Å². The number of aryl methyl sites for hydroxylation is 1. The van der Waals surface area contributed by atoms with Crippen LogP contribution in [0.15, 0.2) is 27.6 Å². The molecule has 1 saturated carbocycles. The second-order valence-electron chi connectivity index (χ2n) is 5.54. The number of rotatable bonds is 2. The number of hydrogen-bond acceptors (Lipinski definition) is 2. The van der Waals surface area contributed by atoms with Crippen LogP contribution < -0.4 is 5.43 Å². The summed E-state index contributed by atoms with van der Waals surface area (Å²) in [5, 5.41) is 0.709. The number of halogens is 1. The monoisotopic (exact) mass is 334 g/mol. The Morgan fingerprint density at radius 2 is 2.05 bits per heavy atom. The third-order valence-corrected chi connectivity index (χ3v) is 4.72. The van der Waals surface area contributed by atoms with Gasteiger partial charge in [0, 0.05) is 29.0 Å². The number of aromatic nitrogens is 2. The first kappa shape index (κ1) is 13.8. The van der Waals surface area contributed by atoms with Crippen molar-refractivity contribution < 1.29 is 0 Å².